The summed E-state index contributed by atoms with van der Waals surface area (Å²) in [6, 6.07) is 50.4. The zero-order valence-corrected chi connectivity index (χ0v) is 31.4. The number of hydrogen-bond acceptors (Lipinski definition) is 2. The van der Waals surface area contributed by atoms with E-state index in [1.165, 1.54) is 0 Å². The van der Waals surface area contributed by atoms with Crippen LogP contribution in [-0.2, 0) is 0 Å². The molecule has 0 aliphatic heterocycles. The van der Waals surface area contributed by atoms with Crippen LogP contribution >= 0.6 is 0 Å². The molecule has 270 valence electrons. The Morgan fingerprint density at radius 3 is 1.96 bits per heavy atom. The van der Waals surface area contributed by atoms with E-state index in [0.717, 1.165) is 102 Å². The average Bonchev–Trinajstić information content (AvgIpc) is 3.61. The van der Waals surface area contributed by atoms with Crippen LogP contribution < -0.4 is 0 Å². The fraction of sp³-hybridized carbons (Fsp3) is 0.0377. The van der Waals surface area contributed by atoms with Gasteiger partial charge in [-0.3, -0.25) is 0 Å². The zero-order valence-electron chi connectivity index (χ0n) is 31.4. The van der Waals surface area contributed by atoms with Crippen molar-refractivity contribution in [3.8, 4) is 50.6 Å². The first-order chi connectivity index (χ1) is 28.1. The van der Waals surface area contributed by atoms with E-state index in [0.29, 0.717) is 11.5 Å². The lowest BCUT2D eigenvalue weighted by Crippen LogP contribution is -2.05. The first kappa shape index (κ1) is 35.1. The van der Waals surface area contributed by atoms with Crippen LogP contribution in [0, 0.1) is 6.57 Å². The summed E-state index contributed by atoms with van der Waals surface area (Å²) in [7, 11) is 0. The summed E-state index contributed by atoms with van der Waals surface area (Å²) < 4.78 is 2.35. The van der Waals surface area contributed by atoms with E-state index in [1.54, 1.807) is 0 Å². The maximum atomic E-state index is 7.91. The highest BCUT2D eigenvalue weighted by molar-refractivity contribution is 6.12. The third-order valence-electron chi connectivity index (χ3n) is 10.6. The van der Waals surface area contributed by atoms with Crippen LogP contribution in [0.25, 0.3) is 88.4 Å². The summed E-state index contributed by atoms with van der Waals surface area (Å²) >= 11 is 0. The Bertz CT molecular complexity index is 2980. The fourth-order valence-corrected chi connectivity index (χ4v) is 7.87. The summed E-state index contributed by atoms with van der Waals surface area (Å²) in [4.78, 5) is 14.4. The van der Waals surface area contributed by atoms with E-state index in [-0.39, 0.29) is 0 Å². The molecular weight excluding hydrogens is 693 g/mol. The smallest absolute Gasteiger partial charge is 0.188 e. The topological polar surface area (TPSA) is 35.1 Å². The van der Waals surface area contributed by atoms with E-state index >= 15 is 0 Å². The molecular formula is C53H38N4. The standard InChI is InChI=1S/C53H38N4/c1-4-18-36(5-2)44-32-42(53-55-48(39-23-14-8-15-24-39)35-49(56-53)40-25-16-9-17-26-40)33-45(38-21-12-7-13-22-38)52(44)57-50-29-27-41(37-19-10-6-11-20-37)31-46(50)47-34-43(54-3)28-30-51(47)57/h4-8,10-16,18-35H,1-2,9,17H2/b36-18+. The molecule has 4 heteroatoms. The summed E-state index contributed by atoms with van der Waals surface area (Å²) in [5.41, 5.74) is 14.5. The molecule has 1 aliphatic carbocycles. The molecule has 2 aromatic heterocycles. The Labute approximate surface area is 333 Å². The molecule has 57 heavy (non-hydrogen) atoms. The van der Waals surface area contributed by atoms with Gasteiger partial charge in [0.05, 0.1) is 34.7 Å². The molecule has 2 heterocycles. The molecule has 0 saturated heterocycles. The Morgan fingerprint density at radius 2 is 1.30 bits per heavy atom. The van der Waals surface area contributed by atoms with Crippen molar-refractivity contribution in [2.45, 2.75) is 12.8 Å². The highest BCUT2D eigenvalue weighted by Crippen LogP contribution is 2.44. The second-order valence-corrected chi connectivity index (χ2v) is 14.1. The molecule has 0 bridgehead atoms. The average molecular weight is 731 g/mol. The summed E-state index contributed by atoms with van der Waals surface area (Å²) in [5.74, 6) is 0.634. The highest BCUT2D eigenvalue weighted by atomic mass is 15.0. The molecule has 0 spiro atoms. The summed E-state index contributed by atoms with van der Waals surface area (Å²) in [6.07, 6.45) is 14.3. The lowest BCUT2D eigenvalue weighted by molar-refractivity contribution is 1.03. The van der Waals surface area contributed by atoms with Crippen LogP contribution in [0.15, 0.2) is 195 Å². The number of aromatic nitrogens is 3. The minimum absolute atomic E-state index is 0.595. The Morgan fingerprint density at radius 1 is 0.632 bits per heavy atom. The van der Waals surface area contributed by atoms with E-state index in [9.17, 15) is 0 Å². The molecule has 0 radical (unpaired) electrons. The van der Waals surface area contributed by atoms with Crippen molar-refractivity contribution in [2.75, 3.05) is 0 Å². The number of benzene rings is 6. The molecule has 0 fully saturated rings. The van der Waals surface area contributed by atoms with Gasteiger partial charge in [-0.2, -0.15) is 0 Å². The maximum Gasteiger partial charge on any atom is 0.188 e. The van der Waals surface area contributed by atoms with Gasteiger partial charge >= 0.3 is 0 Å². The summed E-state index contributed by atoms with van der Waals surface area (Å²) in [5, 5.41) is 2.08. The fourth-order valence-electron chi connectivity index (χ4n) is 7.87. The van der Waals surface area contributed by atoms with Gasteiger partial charge in [-0.1, -0.05) is 153 Å². The molecule has 0 unspecified atom stereocenters. The quantitative estimate of drug-likeness (QED) is 0.109. The van der Waals surface area contributed by atoms with Crippen molar-refractivity contribution in [3.05, 3.63) is 218 Å². The third kappa shape index (κ3) is 6.62. The minimum Gasteiger partial charge on any atom is -0.308 e. The molecule has 0 N–H and O–H groups in total. The lowest BCUT2D eigenvalue weighted by Gasteiger charge is -2.21. The van der Waals surface area contributed by atoms with Gasteiger partial charge in [0.1, 0.15) is 0 Å². The van der Waals surface area contributed by atoms with Gasteiger partial charge in [0, 0.05) is 27.6 Å². The van der Waals surface area contributed by atoms with Crippen molar-refractivity contribution in [2.24, 2.45) is 0 Å². The largest absolute Gasteiger partial charge is 0.308 e. The van der Waals surface area contributed by atoms with Crippen LogP contribution in [0.3, 0.4) is 0 Å². The summed E-state index contributed by atoms with van der Waals surface area (Å²) in [6.45, 7) is 16.3. The van der Waals surface area contributed by atoms with Gasteiger partial charge < -0.3 is 4.57 Å². The third-order valence-corrected chi connectivity index (χ3v) is 10.6. The highest BCUT2D eigenvalue weighted by Gasteiger charge is 2.23. The predicted molar refractivity (Wildman–Crippen MR) is 239 cm³/mol. The number of allylic oxidation sites excluding steroid dienone is 8. The van der Waals surface area contributed by atoms with Crippen LogP contribution in [-0.4, -0.2) is 14.5 Å². The van der Waals surface area contributed by atoms with Crippen molar-refractivity contribution >= 4 is 38.6 Å². The van der Waals surface area contributed by atoms with Gasteiger partial charge in [-0.25, -0.2) is 14.8 Å². The van der Waals surface area contributed by atoms with Gasteiger partial charge in [-0.15, -0.1) is 0 Å². The monoisotopic (exact) mass is 730 g/mol. The Kier molecular flexibility index (Phi) is 9.40. The van der Waals surface area contributed by atoms with E-state index in [1.807, 2.05) is 60.7 Å². The van der Waals surface area contributed by atoms with Crippen LogP contribution in [0.5, 0.6) is 0 Å². The molecule has 0 atom stereocenters. The Balaban J connectivity index is 1.39. The van der Waals surface area contributed by atoms with Crippen molar-refractivity contribution in [3.63, 3.8) is 0 Å². The molecule has 8 aromatic rings. The zero-order chi connectivity index (χ0) is 38.7. The molecule has 4 nitrogen and oxygen atoms in total. The van der Waals surface area contributed by atoms with E-state index < -0.39 is 0 Å². The molecule has 6 aromatic carbocycles. The SMILES string of the molecule is [C-]#[N+]c1ccc2c(c1)c1cc(-c3ccccc3)ccc1n2-c1c(/C(C=C)=C/C=C)cc(-c2nc(C3=CCCC=C3)cc(-c3ccccc3)n2)cc1-c1ccccc1. The molecule has 9 rings (SSSR count). The first-order valence-corrected chi connectivity index (χ1v) is 19.2. The Hall–Kier alpha value is -7.61. The van der Waals surface area contributed by atoms with Gasteiger partial charge in [0.25, 0.3) is 0 Å². The molecule has 1 aliphatic rings. The van der Waals surface area contributed by atoms with E-state index in [4.69, 9.17) is 16.5 Å². The van der Waals surface area contributed by atoms with Crippen molar-refractivity contribution in [1.82, 2.24) is 14.5 Å². The normalized spacial score (nSPS) is 12.7. The van der Waals surface area contributed by atoms with E-state index in [2.05, 4.69) is 144 Å². The van der Waals surface area contributed by atoms with Gasteiger partial charge in [0.2, 0.25) is 0 Å². The van der Waals surface area contributed by atoms with Crippen LogP contribution in [0.4, 0.5) is 5.69 Å². The maximum absolute atomic E-state index is 7.91. The second-order valence-electron chi connectivity index (χ2n) is 14.1. The van der Waals surface area contributed by atoms with Crippen molar-refractivity contribution in [1.29, 1.82) is 0 Å². The molecule has 0 saturated carbocycles. The number of fused-ring (bicyclic) bond motifs is 3. The van der Waals surface area contributed by atoms with Gasteiger partial charge in [-0.05, 0) is 88.5 Å². The van der Waals surface area contributed by atoms with Crippen LogP contribution in [0.2, 0.25) is 0 Å². The first-order valence-electron chi connectivity index (χ1n) is 19.2. The number of nitrogens with zero attached hydrogens (tertiary/aromatic N) is 4. The van der Waals surface area contributed by atoms with Gasteiger partial charge in [0.15, 0.2) is 11.5 Å². The lowest BCUT2D eigenvalue weighted by atomic mass is 9.92. The molecule has 0 amide bonds. The van der Waals surface area contributed by atoms with Crippen LogP contribution in [0.1, 0.15) is 24.1 Å². The number of hydrogen-bond donors (Lipinski definition) is 0. The second kappa shape index (κ2) is 15.3. The minimum atomic E-state index is 0.595. The van der Waals surface area contributed by atoms with Crippen molar-refractivity contribution < 1.29 is 0 Å². The number of rotatable bonds is 9. The predicted octanol–water partition coefficient (Wildman–Crippen LogP) is 14.3.